The molecule has 0 saturated carbocycles. The molecule has 0 N–H and O–H groups in total. The predicted molar refractivity (Wildman–Crippen MR) is 123 cm³/mol. The van der Waals surface area contributed by atoms with Crippen molar-refractivity contribution in [1.82, 2.24) is 0 Å². The summed E-state index contributed by atoms with van der Waals surface area (Å²) in [4.78, 5) is 12.2. The largest absolute Gasteiger partial charge is 0.426 e. The Labute approximate surface area is 207 Å². The van der Waals surface area contributed by atoms with Gasteiger partial charge in [-0.2, -0.15) is 39.5 Å². The molecule has 198 valence electrons. The second kappa shape index (κ2) is 8.37. The molecule has 0 spiro atoms. The van der Waals surface area contributed by atoms with E-state index >= 15 is 0 Å². The molecule has 5 rings (SSSR count). The second-order valence-electron chi connectivity index (χ2n) is 8.81. The Kier molecular flexibility index (Phi) is 5.70. The zero-order chi connectivity index (χ0) is 27.8. The molecule has 0 heterocycles. The van der Waals surface area contributed by atoms with E-state index < -0.39 is 57.7 Å². The number of benzene rings is 5. The van der Waals surface area contributed by atoms with Crippen molar-refractivity contribution in [2.45, 2.75) is 38.3 Å². The number of ether oxygens (including phenoxy) is 1. The summed E-state index contributed by atoms with van der Waals surface area (Å²) in [5.41, 5.74) is -4.18. The van der Waals surface area contributed by atoms with E-state index in [1.54, 1.807) is 6.92 Å². The molecule has 11 heteroatoms. The smallest absolute Gasteiger partial charge is 0.417 e. The normalized spacial score (nSPS) is 13.3. The Morgan fingerprint density at radius 2 is 0.947 bits per heavy atom. The van der Waals surface area contributed by atoms with Gasteiger partial charge in [0.1, 0.15) is 5.75 Å². The Morgan fingerprint density at radius 3 is 1.34 bits per heavy atom. The maximum absolute atomic E-state index is 14.1. The van der Waals surface area contributed by atoms with Gasteiger partial charge in [-0.25, -0.2) is 0 Å². The molecule has 0 saturated heterocycles. The summed E-state index contributed by atoms with van der Waals surface area (Å²) in [6.45, 7) is 1.67. The predicted octanol–water partition coefficient (Wildman–Crippen LogP) is 9.50. The van der Waals surface area contributed by atoms with Crippen LogP contribution in [-0.4, -0.2) is 5.97 Å². The first-order valence-corrected chi connectivity index (χ1v) is 11.3. The minimum atomic E-state index is -5.13. The van der Waals surface area contributed by atoms with Gasteiger partial charge in [-0.15, -0.1) is 0 Å². The third-order valence-corrected chi connectivity index (χ3v) is 6.46. The average Bonchev–Trinajstić information content (AvgIpc) is 2.80. The van der Waals surface area contributed by atoms with Crippen LogP contribution in [0.5, 0.6) is 5.75 Å². The first kappa shape index (κ1) is 25.9. The van der Waals surface area contributed by atoms with Gasteiger partial charge in [-0.05, 0) is 63.7 Å². The highest BCUT2D eigenvalue weighted by molar-refractivity contribution is 6.34. The number of carbonyl (C=O) groups excluding carboxylic acids is 1. The van der Waals surface area contributed by atoms with Crippen LogP contribution in [0.1, 0.15) is 36.5 Å². The molecular weight excluding hydrogens is 527 g/mol. The third kappa shape index (κ3) is 3.95. The van der Waals surface area contributed by atoms with Crippen molar-refractivity contribution >= 4 is 49.1 Å². The maximum Gasteiger partial charge on any atom is 0.417 e. The zero-order valence-electron chi connectivity index (χ0n) is 19.3. The number of rotatable bonds is 3. The Hall–Kier alpha value is -3.76. The topological polar surface area (TPSA) is 26.3 Å². The molecule has 0 amide bonds. The van der Waals surface area contributed by atoms with E-state index in [-0.39, 0.29) is 38.7 Å². The van der Waals surface area contributed by atoms with Gasteiger partial charge in [0.2, 0.25) is 0 Å². The average molecular weight is 542 g/mol. The number of carbonyl (C=O) groups is 1. The molecule has 0 fully saturated rings. The van der Waals surface area contributed by atoms with Gasteiger partial charge in [0.25, 0.3) is 0 Å². The number of hydrogen-bond acceptors (Lipinski definition) is 2. The molecule has 0 unspecified atom stereocenters. The van der Waals surface area contributed by atoms with Gasteiger partial charge in [0.05, 0.1) is 16.7 Å². The molecule has 0 radical (unpaired) electrons. The molecule has 0 aliphatic heterocycles. The molecule has 5 aromatic rings. The molecule has 2 nitrogen and oxygen atoms in total. The molecule has 0 atom stereocenters. The van der Waals surface area contributed by atoms with Crippen molar-refractivity contribution in [3.8, 4) is 5.75 Å². The van der Waals surface area contributed by atoms with Crippen LogP contribution in [0.3, 0.4) is 0 Å². The Morgan fingerprint density at radius 1 is 0.579 bits per heavy atom. The summed E-state index contributed by atoms with van der Waals surface area (Å²) in [5, 5.41) is -2.28. The lowest BCUT2D eigenvalue weighted by Gasteiger charge is -2.22. The molecule has 0 aliphatic carbocycles. The second-order valence-corrected chi connectivity index (χ2v) is 8.81. The Bertz CT molecular complexity index is 1660. The van der Waals surface area contributed by atoms with Gasteiger partial charge >= 0.3 is 24.5 Å². The number of halogens is 9. The van der Waals surface area contributed by atoms with E-state index in [0.717, 1.165) is 24.3 Å². The summed E-state index contributed by atoms with van der Waals surface area (Å²) in [6.07, 6.45) is -14.9. The minimum Gasteiger partial charge on any atom is -0.426 e. The van der Waals surface area contributed by atoms with Crippen LogP contribution in [-0.2, 0) is 23.3 Å². The highest BCUT2D eigenvalue weighted by Gasteiger charge is 2.41. The molecule has 5 aromatic carbocycles. The zero-order valence-corrected chi connectivity index (χ0v) is 19.3. The van der Waals surface area contributed by atoms with Gasteiger partial charge in [-0.1, -0.05) is 25.1 Å². The van der Waals surface area contributed by atoms with E-state index in [4.69, 9.17) is 4.74 Å². The van der Waals surface area contributed by atoms with Crippen molar-refractivity contribution in [3.63, 3.8) is 0 Å². The first-order chi connectivity index (χ1) is 17.6. The molecule has 0 bridgehead atoms. The third-order valence-electron chi connectivity index (χ3n) is 6.46. The molecule has 38 heavy (non-hydrogen) atoms. The van der Waals surface area contributed by atoms with Crippen molar-refractivity contribution in [1.29, 1.82) is 0 Å². The number of fused-ring (bicyclic) bond motifs is 2. The molecular formula is C27H15F9O2. The van der Waals surface area contributed by atoms with Crippen LogP contribution in [0.15, 0.2) is 48.5 Å². The highest BCUT2D eigenvalue weighted by atomic mass is 19.4. The maximum atomic E-state index is 14.1. The van der Waals surface area contributed by atoms with Crippen LogP contribution in [0.25, 0.3) is 43.1 Å². The van der Waals surface area contributed by atoms with Crippen LogP contribution >= 0.6 is 0 Å². The van der Waals surface area contributed by atoms with E-state index in [1.807, 2.05) is 0 Å². The highest BCUT2D eigenvalue weighted by Crippen LogP contribution is 2.51. The fourth-order valence-corrected chi connectivity index (χ4v) is 5.03. The van der Waals surface area contributed by atoms with Crippen molar-refractivity contribution < 1.29 is 49.0 Å². The van der Waals surface area contributed by atoms with Crippen LogP contribution < -0.4 is 4.74 Å². The van der Waals surface area contributed by atoms with Crippen LogP contribution in [0, 0.1) is 0 Å². The SMILES string of the molecule is CCCC(=O)Oc1ccc2c3ccc(C(F)(F)F)c4c(C(F)(F)F)ccc(c5ccc(C(F)(F)F)c1c25)c43. The number of esters is 1. The van der Waals surface area contributed by atoms with Crippen molar-refractivity contribution in [3.05, 3.63) is 65.2 Å². The van der Waals surface area contributed by atoms with Crippen LogP contribution in [0.2, 0.25) is 0 Å². The van der Waals surface area contributed by atoms with E-state index in [1.165, 1.54) is 6.07 Å². The summed E-state index contributed by atoms with van der Waals surface area (Å²) in [7, 11) is 0. The minimum absolute atomic E-state index is 0.0121. The van der Waals surface area contributed by atoms with Gasteiger partial charge in [-0.3, -0.25) is 4.79 Å². The van der Waals surface area contributed by atoms with Crippen LogP contribution in [0.4, 0.5) is 39.5 Å². The summed E-state index contributed by atoms with van der Waals surface area (Å²) in [5.74, 6) is -1.20. The quantitative estimate of drug-likeness (QED) is 0.0746. The van der Waals surface area contributed by atoms with E-state index in [0.29, 0.717) is 24.6 Å². The van der Waals surface area contributed by atoms with Gasteiger partial charge in [0, 0.05) is 22.6 Å². The molecule has 0 aliphatic rings. The van der Waals surface area contributed by atoms with Crippen molar-refractivity contribution in [2.24, 2.45) is 0 Å². The monoisotopic (exact) mass is 542 g/mol. The summed E-state index contributed by atoms with van der Waals surface area (Å²) < 4.78 is 131. The standard InChI is InChI=1S/C27H15F9O2/c1-2-3-20(37)38-19-11-7-15-13-5-9-17(26(31,32)33)23-16(25(28,29)30)8-4-12(21(13)23)14-6-10-18(27(34,35)36)24(19)22(14)15/h4-11H,2-3H2,1H3. The van der Waals surface area contributed by atoms with Crippen molar-refractivity contribution in [2.75, 3.05) is 0 Å². The Balaban J connectivity index is 2.03. The lowest BCUT2D eigenvalue weighted by molar-refractivity contribution is -0.140. The molecule has 0 aromatic heterocycles. The summed E-state index contributed by atoms with van der Waals surface area (Å²) in [6, 6.07) is 6.91. The lowest BCUT2D eigenvalue weighted by atomic mass is 9.85. The number of alkyl halides is 9. The van der Waals surface area contributed by atoms with E-state index in [9.17, 15) is 44.3 Å². The fraction of sp³-hybridized carbons (Fsp3) is 0.222. The van der Waals surface area contributed by atoms with E-state index in [2.05, 4.69) is 0 Å². The van der Waals surface area contributed by atoms with Gasteiger partial charge < -0.3 is 4.74 Å². The lowest BCUT2D eigenvalue weighted by Crippen LogP contribution is -2.13. The number of hydrogen-bond donors (Lipinski definition) is 0. The fourth-order valence-electron chi connectivity index (χ4n) is 5.03. The summed E-state index contributed by atoms with van der Waals surface area (Å²) >= 11 is 0. The van der Waals surface area contributed by atoms with Gasteiger partial charge in [0.15, 0.2) is 0 Å². The first-order valence-electron chi connectivity index (χ1n) is 11.3.